The van der Waals surface area contributed by atoms with Gasteiger partial charge in [0.2, 0.25) is 0 Å². The Morgan fingerprint density at radius 1 is 1.00 bits per heavy atom. The Bertz CT molecular complexity index is 713. The Balaban J connectivity index is 1.72. The van der Waals surface area contributed by atoms with Gasteiger partial charge in [-0.3, -0.25) is 0 Å². The third-order valence-electron chi connectivity index (χ3n) is 3.93. The first-order valence-electron chi connectivity index (χ1n) is 8.30. The Morgan fingerprint density at radius 3 is 2.29 bits per heavy atom. The van der Waals surface area contributed by atoms with Gasteiger partial charge >= 0.3 is 0 Å². The van der Waals surface area contributed by atoms with E-state index in [9.17, 15) is 8.42 Å². The van der Waals surface area contributed by atoms with Gasteiger partial charge in [0.15, 0.2) is 9.84 Å². The van der Waals surface area contributed by atoms with E-state index in [-0.39, 0.29) is 5.75 Å². The van der Waals surface area contributed by atoms with Crippen molar-refractivity contribution >= 4 is 15.5 Å². The highest BCUT2D eigenvalue weighted by atomic mass is 32.2. The molecule has 0 heterocycles. The zero-order valence-corrected chi connectivity index (χ0v) is 15.2. The molecule has 2 aromatic carbocycles. The predicted octanol–water partition coefficient (Wildman–Crippen LogP) is 3.41. The lowest BCUT2D eigenvalue weighted by Crippen LogP contribution is -2.21. The fourth-order valence-corrected chi connectivity index (χ4v) is 3.39. The summed E-state index contributed by atoms with van der Waals surface area (Å²) in [6.45, 7) is 4.47. The first-order chi connectivity index (χ1) is 11.5. The van der Waals surface area contributed by atoms with Crippen molar-refractivity contribution in [3.8, 4) is 0 Å². The lowest BCUT2D eigenvalue weighted by molar-refractivity contribution is 0.325. The number of rotatable bonds is 9. The average molecular weight is 346 g/mol. The van der Waals surface area contributed by atoms with Gasteiger partial charge in [-0.25, -0.2) is 8.42 Å². The maximum absolute atomic E-state index is 11.8. The topological polar surface area (TPSA) is 49.4 Å². The highest BCUT2D eigenvalue weighted by Gasteiger charge is 2.10. The van der Waals surface area contributed by atoms with E-state index in [2.05, 4.69) is 41.5 Å². The van der Waals surface area contributed by atoms with Crippen LogP contribution >= 0.6 is 0 Å². The number of nitrogens with one attached hydrogen (secondary N) is 1. The second kappa shape index (κ2) is 8.85. The molecular formula is C19H26N2O2S. The van der Waals surface area contributed by atoms with Gasteiger partial charge in [-0.2, -0.15) is 0 Å². The summed E-state index contributed by atoms with van der Waals surface area (Å²) in [6.07, 6.45) is 1.03. The van der Waals surface area contributed by atoms with E-state index >= 15 is 0 Å². The lowest BCUT2D eigenvalue weighted by atomic mass is 10.2. The van der Waals surface area contributed by atoms with E-state index in [0.29, 0.717) is 4.90 Å². The monoisotopic (exact) mass is 346 g/mol. The lowest BCUT2D eigenvalue weighted by Gasteiger charge is -2.17. The minimum Gasteiger partial charge on any atom is -0.385 e. The smallest absolute Gasteiger partial charge is 0.178 e. The van der Waals surface area contributed by atoms with Crippen molar-refractivity contribution in [3.05, 3.63) is 60.2 Å². The molecule has 1 N–H and O–H groups in total. The molecule has 2 rings (SSSR count). The van der Waals surface area contributed by atoms with E-state index in [1.165, 1.54) is 5.56 Å². The van der Waals surface area contributed by atoms with Crippen molar-refractivity contribution in [1.82, 2.24) is 4.90 Å². The summed E-state index contributed by atoms with van der Waals surface area (Å²) >= 11 is 0. The first-order valence-corrected chi connectivity index (χ1v) is 9.95. The maximum Gasteiger partial charge on any atom is 0.178 e. The number of anilines is 1. The quantitative estimate of drug-likeness (QED) is 0.707. The van der Waals surface area contributed by atoms with Crippen LogP contribution in [0.25, 0.3) is 0 Å². The summed E-state index contributed by atoms with van der Waals surface area (Å²) < 4.78 is 23.5. The molecule has 0 aliphatic carbocycles. The molecule has 0 atom stereocenters. The zero-order valence-electron chi connectivity index (χ0n) is 14.4. The van der Waals surface area contributed by atoms with E-state index in [0.717, 1.165) is 31.7 Å². The van der Waals surface area contributed by atoms with Crippen LogP contribution < -0.4 is 5.32 Å². The Morgan fingerprint density at radius 2 is 1.67 bits per heavy atom. The molecular weight excluding hydrogens is 320 g/mol. The van der Waals surface area contributed by atoms with Gasteiger partial charge in [-0.05, 0) is 49.8 Å². The van der Waals surface area contributed by atoms with Gasteiger partial charge in [0.05, 0.1) is 10.6 Å². The molecule has 24 heavy (non-hydrogen) atoms. The third kappa shape index (κ3) is 5.65. The Kier molecular flexibility index (Phi) is 6.82. The number of hydrogen-bond donors (Lipinski definition) is 1. The minimum absolute atomic E-state index is 0.132. The van der Waals surface area contributed by atoms with E-state index in [4.69, 9.17) is 0 Å². The van der Waals surface area contributed by atoms with Crippen LogP contribution in [0.5, 0.6) is 0 Å². The molecule has 0 saturated heterocycles. The molecule has 0 spiro atoms. The molecule has 4 nitrogen and oxygen atoms in total. The van der Waals surface area contributed by atoms with Crippen LogP contribution in [0.3, 0.4) is 0 Å². The molecule has 5 heteroatoms. The number of sulfone groups is 1. The van der Waals surface area contributed by atoms with Crippen LogP contribution in [-0.2, 0) is 16.4 Å². The molecule has 130 valence electrons. The fourth-order valence-electron chi connectivity index (χ4n) is 2.50. The summed E-state index contributed by atoms with van der Waals surface area (Å²) in [6, 6.07) is 17.4. The van der Waals surface area contributed by atoms with Crippen molar-refractivity contribution in [1.29, 1.82) is 0 Å². The van der Waals surface area contributed by atoms with E-state index in [1.807, 2.05) is 18.2 Å². The van der Waals surface area contributed by atoms with Gasteiger partial charge in [0, 0.05) is 18.8 Å². The summed E-state index contributed by atoms with van der Waals surface area (Å²) in [4.78, 5) is 2.69. The van der Waals surface area contributed by atoms with Gasteiger partial charge in [-0.1, -0.05) is 37.3 Å². The second-order valence-electron chi connectivity index (χ2n) is 5.93. The van der Waals surface area contributed by atoms with Crippen molar-refractivity contribution in [2.24, 2.45) is 0 Å². The fraction of sp³-hybridized carbons (Fsp3) is 0.368. The standard InChI is InChI=1S/C19H26N2O2S/c1-3-24(22,23)19-12-10-18(11-13-19)20-14-7-15-21(2)16-17-8-5-4-6-9-17/h4-6,8-13,20H,3,7,14-16H2,1-2H3. The zero-order chi connectivity index (χ0) is 17.4. The molecule has 0 fully saturated rings. The molecule has 0 unspecified atom stereocenters. The van der Waals surface area contributed by atoms with Crippen molar-refractivity contribution < 1.29 is 8.42 Å². The SMILES string of the molecule is CCS(=O)(=O)c1ccc(NCCCN(C)Cc2ccccc2)cc1. The number of hydrogen-bond acceptors (Lipinski definition) is 4. The molecule has 0 aromatic heterocycles. The van der Waals surface area contributed by atoms with Crippen LogP contribution in [0.1, 0.15) is 18.9 Å². The van der Waals surface area contributed by atoms with Crippen LogP contribution in [0.15, 0.2) is 59.5 Å². The van der Waals surface area contributed by atoms with Gasteiger partial charge in [0.1, 0.15) is 0 Å². The molecule has 0 aliphatic heterocycles. The summed E-state index contributed by atoms with van der Waals surface area (Å²) in [5.74, 6) is 0.132. The van der Waals surface area contributed by atoms with Crippen LogP contribution in [-0.4, -0.2) is 39.2 Å². The predicted molar refractivity (Wildman–Crippen MR) is 100 cm³/mol. The third-order valence-corrected chi connectivity index (χ3v) is 5.69. The number of nitrogens with zero attached hydrogens (tertiary/aromatic N) is 1. The summed E-state index contributed by atoms with van der Waals surface area (Å²) in [5, 5.41) is 3.34. The molecule has 2 aromatic rings. The minimum atomic E-state index is -3.12. The molecule has 0 aliphatic rings. The molecule has 0 amide bonds. The van der Waals surface area contributed by atoms with Crippen molar-refractivity contribution in [2.75, 3.05) is 31.2 Å². The molecule has 0 radical (unpaired) electrons. The van der Waals surface area contributed by atoms with Gasteiger partial charge in [0.25, 0.3) is 0 Å². The highest BCUT2D eigenvalue weighted by Crippen LogP contribution is 2.15. The van der Waals surface area contributed by atoms with E-state index in [1.54, 1.807) is 19.1 Å². The van der Waals surface area contributed by atoms with Gasteiger partial charge < -0.3 is 10.2 Å². The average Bonchev–Trinajstić information content (AvgIpc) is 2.60. The summed E-state index contributed by atoms with van der Waals surface area (Å²) in [5.41, 5.74) is 2.27. The van der Waals surface area contributed by atoms with Crippen LogP contribution in [0, 0.1) is 0 Å². The van der Waals surface area contributed by atoms with Crippen LogP contribution in [0.4, 0.5) is 5.69 Å². The first kappa shape index (κ1) is 18.5. The van der Waals surface area contributed by atoms with Gasteiger partial charge in [-0.15, -0.1) is 0 Å². The Labute approximate surface area is 145 Å². The summed E-state index contributed by atoms with van der Waals surface area (Å²) in [7, 11) is -0.993. The highest BCUT2D eigenvalue weighted by molar-refractivity contribution is 7.91. The molecule has 0 saturated carbocycles. The number of benzene rings is 2. The van der Waals surface area contributed by atoms with E-state index < -0.39 is 9.84 Å². The maximum atomic E-state index is 11.8. The largest absolute Gasteiger partial charge is 0.385 e. The normalized spacial score (nSPS) is 11.6. The van der Waals surface area contributed by atoms with Crippen molar-refractivity contribution in [3.63, 3.8) is 0 Å². The second-order valence-corrected chi connectivity index (χ2v) is 8.21. The molecule has 0 bridgehead atoms. The Hall–Kier alpha value is -1.85. The van der Waals surface area contributed by atoms with Crippen molar-refractivity contribution in [2.45, 2.75) is 24.8 Å². The van der Waals surface area contributed by atoms with Crippen LogP contribution in [0.2, 0.25) is 0 Å².